The zero-order chi connectivity index (χ0) is 11.3. The van der Waals surface area contributed by atoms with Crippen LogP contribution in [-0.4, -0.2) is 37.2 Å². The summed E-state index contributed by atoms with van der Waals surface area (Å²) in [4.78, 5) is 2.10. The predicted octanol–water partition coefficient (Wildman–Crippen LogP) is 1.70. The second-order valence-electron chi connectivity index (χ2n) is 3.72. The summed E-state index contributed by atoms with van der Waals surface area (Å²) < 4.78 is 0. The number of aromatic hydroxyl groups is 1. The molecule has 0 aromatic heterocycles. The Morgan fingerprint density at radius 2 is 2.13 bits per heavy atom. The molecule has 0 amide bonds. The summed E-state index contributed by atoms with van der Waals surface area (Å²) >= 11 is 5.96. The highest BCUT2D eigenvalue weighted by Gasteiger charge is 2.04. The van der Waals surface area contributed by atoms with E-state index in [1.807, 2.05) is 14.1 Å². The van der Waals surface area contributed by atoms with E-state index in [1.165, 1.54) is 0 Å². The van der Waals surface area contributed by atoms with Gasteiger partial charge in [0, 0.05) is 30.2 Å². The molecule has 0 spiro atoms. The van der Waals surface area contributed by atoms with E-state index in [0.29, 0.717) is 11.6 Å². The number of phenols is 1. The number of halogens is 1. The van der Waals surface area contributed by atoms with Gasteiger partial charge in [0.05, 0.1) is 0 Å². The molecule has 0 unspecified atom stereocenters. The molecule has 4 heteroatoms. The van der Waals surface area contributed by atoms with Crippen LogP contribution in [0.25, 0.3) is 0 Å². The monoisotopic (exact) mass is 228 g/mol. The van der Waals surface area contributed by atoms with Crippen molar-refractivity contribution in [3.05, 3.63) is 28.8 Å². The summed E-state index contributed by atoms with van der Waals surface area (Å²) in [6.07, 6.45) is 0. The maximum Gasteiger partial charge on any atom is 0.121 e. The summed E-state index contributed by atoms with van der Waals surface area (Å²) in [7, 11) is 4.04. The Bertz CT molecular complexity index is 295. The van der Waals surface area contributed by atoms with Crippen LogP contribution in [0.4, 0.5) is 0 Å². The molecule has 0 aliphatic rings. The molecule has 1 rings (SSSR count). The number of phenolic OH excluding ortho intramolecular Hbond substituents is 1. The van der Waals surface area contributed by atoms with E-state index in [2.05, 4.69) is 10.2 Å². The molecule has 0 saturated heterocycles. The van der Waals surface area contributed by atoms with Gasteiger partial charge in [0.25, 0.3) is 0 Å². The van der Waals surface area contributed by atoms with Crippen LogP contribution in [-0.2, 0) is 6.54 Å². The molecule has 0 aliphatic heterocycles. The smallest absolute Gasteiger partial charge is 0.121 e. The van der Waals surface area contributed by atoms with Gasteiger partial charge in [0.15, 0.2) is 0 Å². The van der Waals surface area contributed by atoms with Crippen LogP contribution >= 0.6 is 11.6 Å². The third-order valence-electron chi connectivity index (χ3n) is 2.13. The largest absolute Gasteiger partial charge is 0.508 e. The molecule has 0 fully saturated rings. The topological polar surface area (TPSA) is 35.5 Å². The first kappa shape index (κ1) is 12.3. The number of benzene rings is 1. The predicted molar refractivity (Wildman–Crippen MR) is 63.4 cm³/mol. The summed E-state index contributed by atoms with van der Waals surface area (Å²) in [5.41, 5.74) is 0.762. The van der Waals surface area contributed by atoms with Crippen molar-refractivity contribution in [3.8, 4) is 5.75 Å². The molecule has 0 saturated carbocycles. The van der Waals surface area contributed by atoms with Crippen molar-refractivity contribution in [1.29, 1.82) is 0 Å². The average molecular weight is 229 g/mol. The van der Waals surface area contributed by atoms with E-state index in [1.54, 1.807) is 18.2 Å². The van der Waals surface area contributed by atoms with Gasteiger partial charge in [0.2, 0.25) is 0 Å². The Kier molecular flexibility index (Phi) is 4.88. The van der Waals surface area contributed by atoms with Gasteiger partial charge in [-0.25, -0.2) is 0 Å². The molecule has 0 heterocycles. The van der Waals surface area contributed by atoms with E-state index >= 15 is 0 Å². The molecule has 0 atom stereocenters. The Morgan fingerprint density at radius 3 is 2.73 bits per heavy atom. The molecule has 15 heavy (non-hydrogen) atoms. The molecule has 84 valence electrons. The zero-order valence-electron chi connectivity index (χ0n) is 9.13. The minimum absolute atomic E-state index is 0.250. The zero-order valence-corrected chi connectivity index (χ0v) is 9.88. The van der Waals surface area contributed by atoms with Crippen molar-refractivity contribution in [1.82, 2.24) is 10.2 Å². The number of likely N-dealkylation sites (N-methyl/N-ethyl adjacent to an activating group) is 1. The fourth-order valence-electron chi connectivity index (χ4n) is 1.24. The van der Waals surface area contributed by atoms with Crippen molar-refractivity contribution < 1.29 is 5.11 Å². The molecule has 0 bridgehead atoms. The average Bonchev–Trinajstić information content (AvgIpc) is 2.15. The van der Waals surface area contributed by atoms with Crippen molar-refractivity contribution in [2.75, 3.05) is 27.2 Å². The highest BCUT2D eigenvalue weighted by molar-refractivity contribution is 6.31. The molecule has 1 aromatic carbocycles. The molecule has 1 aromatic rings. The van der Waals surface area contributed by atoms with Crippen LogP contribution in [0.15, 0.2) is 18.2 Å². The Labute approximate surface area is 95.7 Å². The third-order valence-corrected chi connectivity index (χ3v) is 2.49. The lowest BCUT2D eigenvalue weighted by Gasteiger charge is -2.11. The first-order valence-electron chi connectivity index (χ1n) is 4.93. The van der Waals surface area contributed by atoms with Gasteiger partial charge in [-0.15, -0.1) is 0 Å². The number of nitrogens with zero attached hydrogens (tertiary/aromatic N) is 1. The highest BCUT2D eigenvalue weighted by atomic mass is 35.5. The fourth-order valence-corrected chi connectivity index (χ4v) is 1.47. The Hall–Kier alpha value is -0.770. The maximum atomic E-state index is 9.57. The summed E-state index contributed by atoms with van der Waals surface area (Å²) in [6, 6.07) is 5.17. The number of rotatable bonds is 5. The highest BCUT2D eigenvalue weighted by Crippen LogP contribution is 2.24. The van der Waals surface area contributed by atoms with Crippen LogP contribution in [0.3, 0.4) is 0 Å². The van der Waals surface area contributed by atoms with Crippen LogP contribution in [0.2, 0.25) is 5.02 Å². The number of hydrogen-bond donors (Lipinski definition) is 2. The second kappa shape index (κ2) is 5.95. The maximum absolute atomic E-state index is 9.57. The van der Waals surface area contributed by atoms with Crippen molar-refractivity contribution >= 4 is 11.6 Å². The van der Waals surface area contributed by atoms with E-state index in [0.717, 1.165) is 18.7 Å². The van der Waals surface area contributed by atoms with E-state index in [-0.39, 0.29) is 5.75 Å². The van der Waals surface area contributed by atoms with Gasteiger partial charge in [-0.3, -0.25) is 0 Å². The van der Waals surface area contributed by atoms with Crippen molar-refractivity contribution in [3.63, 3.8) is 0 Å². The summed E-state index contributed by atoms with van der Waals surface area (Å²) in [5, 5.41) is 13.4. The Morgan fingerprint density at radius 1 is 1.40 bits per heavy atom. The van der Waals surface area contributed by atoms with Gasteiger partial charge in [-0.05, 0) is 26.2 Å². The lowest BCUT2D eigenvalue weighted by atomic mass is 10.2. The normalized spacial score (nSPS) is 10.9. The molecular weight excluding hydrogens is 212 g/mol. The minimum Gasteiger partial charge on any atom is -0.508 e. The third kappa shape index (κ3) is 4.08. The van der Waals surface area contributed by atoms with Gasteiger partial charge in [-0.2, -0.15) is 0 Å². The van der Waals surface area contributed by atoms with E-state index in [9.17, 15) is 5.11 Å². The first-order valence-corrected chi connectivity index (χ1v) is 5.31. The summed E-state index contributed by atoms with van der Waals surface area (Å²) in [5.74, 6) is 0.250. The van der Waals surface area contributed by atoms with E-state index < -0.39 is 0 Å². The van der Waals surface area contributed by atoms with Crippen molar-refractivity contribution in [2.45, 2.75) is 6.54 Å². The van der Waals surface area contributed by atoms with Gasteiger partial charge in [0.1, 0.15) is 5.75 Å². The molecule has 2 N–H and O–H groups in total. The van der Waals surface area contributed by atoms with Gasteiger partial charge >= 0.3 is 0 Å². The van der Waals surface area contributed by atoms with Crippen LogP contribution in [0.5, 0.6) is 5.75 Å². The van der Waals surface area contributed by atoms with E-state index in [4.69, 9.17) is 11.6 Å². The first-order chi connectivity index (χ1) is 7.11. The molecule has 0 aliphatic carbocycles. The minimum atomic E-state index is 0.250. The Balaban J connectivity index is 2.43. The molecular formula is C11H17ClN2O. The second-order valence-corrected chi connectivity index (χ2v) is 4.12. The quantitative estimate of drug-likeness (QED) is 0.753. The standard InChI is InChI=1S/C11H17ClN2O/c1-14(2)7-6-13-8-9-10(12)4-3-5-11(9)15/h3-5,13,15H,6-8H2,1-2H3. The number of hydrogen-bond acceptors (Lipinski definition) is 3. The van der Waals surface area contributed by atoms with Crippen molar-refractivity contribution in [2.24, 2.45) is 0 Å². The molecule has 0 radical (unpaired) electrons. The van der Waals surface area contributed by atoms with Gasteiger partial charge in [-0.1, -0.05) is 17.7 Å². The van der Waals surface area contributed by atoms with Crippen LogP contribution < -0.4 is 5.32 Å². The lowest BCUT2D eigenvalue weighted by Crippen LogP contribution is -2.26. The lowest BCUT2D eigenvalue weighted by molar-refractivity contribution is 0.398. The molecule has 3 nitrogen and oxygen atoms in total. The SMILES string of the molecule is CN(C)CCNCc1c(O)cccc1Cl. The fraction of sp³-hybridized carbons (Fsp3) is 0.455. The number of nitrogens with one attached hydrogen (secondary N) is 1. The van der Waals surface area contributed by atoms with Crippen LogP contribution in [0, 0.1) is 0 Å². The summed E-state index contributed by atoms with van der Waals surface area (Å²) in [6.45, 7) is 2.43. The van der Waals surface area contributed by atoms with Gasteiger partial charge < -0.3 is 15.3 Å². The van der Waals surface area contributed by atoms with Crippen LogP contribution in [0.1, 0.15) is 5.56 Å².